The van der Waals surface area contributed by atoms with Crippen LogP contribution in [-0.2, 0) is 42.7 Å². The Kier molecular flexibility index (Phi) is 20.7. The molecule has 2 heterocycles. The summed E-state index contributed by atoms with van der Waals surface area (Å²) < 4.78 is 40.2. The molecule has 71 heavy (non-hydrogen) atoms. The van der Waals surface area contributed by atoms with Gasteiger partial charge in [0.25, 0.3) is 5.91 Å². The molecule has 0 radical (unpaired) electrons. The SMILES string of the molecule is CN(C(=O)OC(C)(C)C)[C@@H]1[C@@H](O)[C@@H](O[C@@H]2[C@@H](O)[C@H](C3OC(CN)=CC[C@H]3NC(=O)C(O)CNC(=O)OC(C)(C)C)[C@@H](NC(=O)OC(C)(C)C)C[C@H]2NC(=O)[C@@H](O)CCNC(=O)OC(C)(C)C)OC[C@]1(C)O. The molecular formula is C46H81N7O18. The van der Waals surface area contributed by atoms with Crippen LogP contribution in [0.15, 0.2) is 11.8 Å². The average Bonchev–Trinajstić information content (AvgIpc) is 3.19. The van der Waals surface area contributed by atoms with Gasteiger partial charge in [-0.25, -0.2) is 19.2 Å². The molecule has 2 unspecified atom stereocenters. The van der Waals surface area contributed by atoms with E-state index >= 15 is 0 Å². The van der Waals surface area contributed by atoms with Gasteiger partial charge < -0.3 is 95.9 Å². The highest BCUT2D eigenvalue weighted by atomic mass is 16.7. The summed E-state index contributed by atoms with van der Waals surface area (Å²) in [5, 5.41) is 71.0. The van der Waals surface area contributed by atoms with Crippen LogP contribution in [0.3, 0.4) is 0 Å². The number of alkyl carbamates (subject to hydrolysis) is 3. The van der Waals surface area contributed by atoms with E-state index in [1.165, 1.54) is 14.0 Å². The third-order valence-corrected chi connectivity index (χ3v) is 11.0. The molecule has 3 rings (SSSR count). The zero-order valence-electron chi connectivity index (χ0n) is 43.5. The monoisotopic (exact) mass is 1020 g/mol. The third-order valence-electron chi connectivity index (χ3n) is 11.0. The van der Waals surface area contributed by atoms with Gasteiger partial charge in [0, 0.05) is 25.6 Å². The first kappa shape index (κ1) is 60.5. The third kappa shape index (κ3) is 19.0. The second-order valence-corrected chi connectivity index (χ2v) is 22.3. The molecule has 0 spiro atoms. The topological polar surface area (TPSA) is 358 Å². The lowest BCUT2D eigenvalue weighted by Gasteiger charge is -2.52. The minimum absolute atomic E-state index is 0.00492. The first-order valence-electron chi connectivity index (χ1n) is 23.7. The summed E-state index contributed by atoms with van der Waals surface area (Å²) >= 11 is 0. The molecule has 13 atom stereocenters. The van der Waals surface area contributed by atoms with Crippen LogP contribution >= 0.6 is 0 Å². The number of carbonyl (C=O) groups excluding carboxylic acids is 6. The summed E-state index contributed by atoms with van der Waals surface area (Å²) in [7, 11) is 1.29. The summed E-state index contributed by atoms with van der Waals surface area (Å²) in [6.45, 7) is 19.5. The van der Waals surface area contributed by atoms with Crippen molar-refractivity contribution in [3.63, 3.8) is 0 Å². The Labute approximate surface area is 415 Å². The molecule has 408 valence electrons. The van der Waals surface area contributed by atoms with E-state index in [0.717, 1.165) is 4.90 Å². The number of amides is 6. The fourth-order valence-electron chi connectivity index (χ4n) is 8.15. The maximum absolute atomic E-state index is 13.8. The Balaban J connectivity index is 2.12. The lowest BCUT2D eigenvalue weighted by atomic mass is 9.72. The van der Waals surface area contributed by atoms with E-state index < -0.39 is 150 Å². The van der Waals surface area contributed by atoms with Crippen LogP contribution < -0.4 is 32.3 Å². The van der Waals surface area contributed by atoms with Crippen LogP contribution in [0.2, 0.25) is 0 Å². The van der Waals surface area contributed by atoms with Crippen LogP contribution in [0.1, 0.15) is 109 Å². The second kappa shape index (κ2) is 24.3. The molecule has 2 aliphatic heterocycles. The molecule has 6 amide bonds. The van der Waals surface area contributed by atoms with E-state index in [9.17, 15) is 54.3 Å². The van der Waals surface area contributed by atoms with Gasteiger partial charge in [0.05, 0.1) is 43.9 Å². The number of nitrogens with zero attached hydrogens (tertiary/aromatic N) is 1. The van der Waals surface area contributed by atoms with Gasteiger partial charge in [-0.15, -0.1) is 0 Å². The Bertz CT molecular complexity index is 1880. The second-order valence-electron chi connectivity index (χ2n) is 22.3. The number of hydrogen-bond acceptors (Lipinski definition) is 19. The van der Waals surface area contributed by atoms with Crippen LogP contribution in [0.25, 0.3) is 0 Å². The van der Waals surface area contributed by atoms with Crippen LogP contribution in [0, 0.1) is 5.92 Å². The van der Waals surface area contributed by atoms with Crippen molar-refractivity contribution >= 4 is 36.2 Å². The van der Waals surface area contributed by atoms with Crippen LogP contribution in [0.4, 0.5) is 19.2 Å². The number of carbonyl (C=O) groups is 6. The summed E-state index contributed by atoms with van der Waals surface area (Å²) in [6, 6.07) is -5.15. The molecule has 0 bridgehead atoms. The predicted molar refractivity (Wildman–Crippen MR) is 252 cm³/mol. The van der Waals surface area contributed by atoms with E-state index in [-0.39, 0.29) is 38.1 Å². The molecule has 0 aromatic rings. The van der Waals surface area contributed by atoms with E-state index in [4.69, 9.17) is 38.9 Å². The van der Waals surface area contributed by atoms with Gasteiger partial charge in [-0.3, -0.25) is 9.59 Å². The van der Waals surface area contributed by atoms with Crippen molar-refractivity contribution in [1.82, 2.24) is 31.5 Å². The summed E-state index contributed by atoms with van der Waals surface area (Å²) in [5.74, 6) is -3.10. The average molecular weight is 1020 g/mol. The van der Waals surface area contributed by atoms with Gasteiger partial charge in [0.2, 0.25) is 5.91 Å². The van der Waals surface area contributed by atoms with Gasteiger partial charge >= 0.3 is 24.4 Å². The molecule has 2 fully saturated rings. The Morgan fingerprint density at radius 2 is 1.28 bits per heavy atom. The quantitative estimate of drug-likeness (QED) is 0.0970. The minimum Gasteiger partial charge on any atom is -0.491 e. The zero-order chi connectivity index (χ0) is 54.2. The van der Waals surface area contributed by atoms with Crippen LogP contribution in [0.5, 0.6) is 0 Å². The number of nitrogens with one attached hydrogen (secondary N) is 5. The first-order valence-corrected chi connectivity index (χ1v) is 23.7. The fraction of sp³-hybridized carbons (Fsp3) is 0.826. The highest BCUT2D eigenvalue weighted by molar-refractivity contribution is 5.82. The molecule has 25 heteroatoms. The highest BCUT2D eigenvalue weighted by Gasteiger charge is 2.56. The number of aliphatic hydroxyl groups is 5. The van der Waals surface area contributed by atoms with E-state index in [2.05, 4.69) is 26.6 Å². The maximum atomic E-state index is 13.8. The minimum atomic E-state index is -1.90. The molecule has 25 nitrogen and oxygen atoms in total. The number of nitrogens with two attached hydrogens (primary N) is 1. The lowest BCUT2D eigenvalue weighted by molar-refractivity contribution is -0.305. The summed E-state index contributed by atoms with van der Waals surface area (Å²) in [4.78, 5) is 80.0. The van der Waals surface area contributed by atoms with Crippen molar-refractivity contribution in [2.24, 2.45) is 11.7 Å². The van der Waals surface area contributed by atoms with Gasteiger partial charge in [0.1, 0.15) is 64.3 Å². The number of rotatable bonds is 15. The van der Waals surface area contributed by atoms with Crippen molar-refractivity contribution in [1.29, 1.82) is 0 Å². The summed E-state index contributed by atoms with van der Waals surface area (Å²) in [6.07, 6.45) is -14.7. The molecule has 1 saturated heterocycles. The van der Waals surface area contributed by atoms with Crippen molar-refractivity contribution in [3.05, 3.63) is 11.8 Å². The van der Waals surface area contributed by atoms with Crippen molar-refractivity contribution in [2.45, 2.75) is 204 Å². The fourth-order valence-corrected chi connectivity index (χ4v) is 8.15. The summed E-state index contributed by atoms with van der Waals surface area (Å²) in [5.41, 5.74) is 0.440. The van der Waals surface area contributed by atoms with Gasteiger partial charge in [-0.2, -0.15) is 0 Å². The van der Waals surface area contributed by atoms with Gasteiger partial charge in [-0.05, 0) is 115 Å². The van der Waals surface area contributed by atoms with E-state index in [0.29, 0.717) is 0 Å². The van der Waals surface area contributed by atoms with Crippen molar-refractivity contribution < 1.29 is 87.5 Å². The normalized spacial score (nSPS) is 29.1. The molecule has 1 saturated carbocycles. The lowest BCUT2D eigenvalue weighted by Crippen LogP contribution is -2.71. The predicted octanol–water partition coefficient (Wildman–Crippen LogP) is 0.112. The standard InChI is InChI=1S/C46H81N7O18/c1-42(2,3)68-38(60)48-18-17-27(54)35(58)51-26-19-25(52-40(62)70-44(7,8)9)29(32-24(16-15-23(20-47)66-32)50-36(59)28(55)21-49-39(61)69-43(4,5)6)30(56)33(26)67-37-31(57)34(46(13,64)22-65-37)53(14)41(63)71-45(10,11)12/h15,24-34,37,54-57,64H,16-22,47H2,1-14H3,(H,48,60)(H,49,61)(H,50,59)(H,51,58)(H,52,62)/t24-,25+,26-,27+,28?,29-,30+,31-,32?,33+,34-,37-,46+/m1/s1. The van der Waals surface area contributed by atoms with Crippen molar-refractivity contribution in [2.75, 3.05) is 33.3 Å². The number of ether oxygens (including phenoxy) is 7. The number of hydrogen-bond donors (Lipinski definition) is 11. The first-order chi connectivity index (χ1) is 32.4. The maximum Gasteiger partial charge on any atom is 0.410 e. The van der Waals surface area contributed by atoms with E-state index in [1.54, 1.807) is 89.2 Å². The Morgan fingerprint density at radius 3 is 1.83 bits per heavy atom. The number of aliphatic hydroxyl groups excluding tert-OH is 4. The Morgan fingerprint density at radius 1 is 0.761 bits per heavy atom. The van der Waals surface area contributed by atoms with Crippen molar-refractivity contribution in [3.8, 4) is 0 Å². The largest absolute Gasteiger partial charge is 0.491 e. The molecular weight excluding hydrogens is 939 g/mol. The van der Waals surface area contributed by atoms with Crippen LogP contribution in [-0.4, -0.2) is 195 Å². The highest BCUT2D eigenvalue weighted by Crippen LogP contribution is 2.39. The molecule has 3 aliphatic rings. The van der Waals surface area contributed by atoms with Gasteiger partial charge in [-0.1, -0.05) is 0 Å². The molecule has 1 aliphatic carbocycles. The smallest absolute Gasteiger partial charge is 0.410 e. The molecule has 0 aromatic heterocycles. The molecule has 12 N–H and O–H groups in total. The van der Waals surface area contributed by atoms with Gasteiger partial charge in [0.15, 0.2) is 6.29 Å². The number of likely N-dealkylation sites (N-methyl/N-ethyl adjacent to an activating group) is 1. The zero-order valence-corrected chi connectivity index (χ0v) is 43.5. The molecule has 0 aromatic carbocycles. The Hall–Kier alpha value is -4.76. The van der Waals surface area contributed by atoms with E-state index in [1.807, 2.05) is 0 Å².